The number of benzene rings is 3. The van der Waals surface area contributed by atoms with Crippen LogP contribution in [0.2, 0.25) is 0 Å². The van der Waals surface area contributed by atoms with Crippen molar-refractivity contribution in [3.05, 3.63) is 94.9 Å². The fraction of sp³-hybridized carbons (Fsp3) is 0.179. The van der Waals surface area contributed by atoms with Gasteiger partial charge in [0.15, 0.2) is 5.76 Å². The predicted molar refractivity (Wildman–Crippen MR) is 135 cm³/mol. The molecular formula is C28H25N3O4. The molecule has 5 rings (SSSR count). The molecule has 0 bridgehead atoms. The molecule has 0 saturated carbocycles. The van der Waals surface area contributed by atoms with Gasteiger partial charge < -0.3 is 14.5 Å². The summed E-state index contributed by atoms with van der Waals surface area (Å²) in [6, 6.07) is 20.6. The Hall–Kier alpha value is -4.39. The van der Waals surface area contributed by atoms with Gasteiger partial charge >= 0.3 is 0 Å². The van der Waals surface area contributed by atoms with E-state index in [4.69, 9.17) is 9.15 Å². The van der Waals surface area contributed by atoms with Crippen LogP contribution in [0.3, 0.4) is 0 Å². The van der Waals surface area contributed by atoms with E-state index < -0.39 is 0 Å². The number of hydrogen-bond acceptors (Lipinski definition) is 5. The minimum atomic E-state index is -0.364. The molecule has 1 aliphatic rings. The summed E-state index contributed by atoms with van der Waals surface area (Å²) in [5.41, 5.74) is 5.95. The minimum Gasteiger partial charge on any atom is -0.496 e. The third kappa shape index (κ3) is 4.28. The number of nitrogens with one attached hydrogen (secondary N) is 2. The van der Waals surface area contributed by atoms with Crippen molar-refractivity contribution < 1.29 is 18.7 Å². The first-order valence-electron chi connectivity index (χ1n) is 11.5. The number of hydrazone groups is 1. The van der Waals surface area contributed by atoms with Crippen LogP contribution in [0.4, 0.5) is 5.69 Å². The van der Waals surface area contributed by atoms with E-state index in [1.807, 2.05) is 49.4 Å². The maximum Gasteiger partial charge on any atom is 0.291 e. The Morgan fingerprint density at radius 2 is 1.71 bits per heavy atom. The van der Waals surface area contributed by atoms with Gasteiger partial charge in [-0.05, 0) is 43.4 Å². The van der Waals surface area contributed by atoms with Crippen LogP contribution in [0.5, 0.6) is 5.75 Å². The molecule has 0 radical (unpaired) electrons. The standard InChI is InChI=1S/C28H25N3O4/c1-17-25-22(30-31-27(32)20-12-5-6-15-23(20)34-2)14-8-16-24(25)35-26(17)28(33)29-21-13-7-10-18-9-3-4-11-19(18)21/h3-7,9-13,15H,8,14,16H2,1-2H3,(H,29,33)(H,31,32)/b30-22+. The van der Waals surface area contributed by atoms with E-state index >= 15 is 0 Å². The zero-order valence-electron chi connectivity index (χ0n) is 19.6. The van der Waals surface area contributed by atoms with Crippen LogP contribution in [0.15, 0.2) is 76.2 Å². The molecule has 0 aliphatic heterocycles. The predicted octanol–water partition coefficient (Wildman–Crippen LogP) is 5.47. The van der Waals surface area contributed by atoms with Crippen LogP contribution in [0, 0.1) is 6.92 Å². The number of carbonyl (C=O) groups excluding carboxylic acids is 2. The molecule has 0 saturated heterocycles. The molecule has 1 aliphatic carbocycles. The number of ether oxygens (including phenoxy) is 1. The van der Waals surface area contributed by atoms with Crippen LogP contribution in [0.1, 0.15) is 50.6 Å². The molecule has 2 N–H and O–H groups in total. The maximum absolute atomic E-state index is 13.2. The number of rotatable bonds is 5. The Labute approximate surface area is 202 Å². The number of anilines is 1. The Morgan fingerprint density at radius 3 is 2.57 bits per heavy atom. The average molecular weight is 468 g/mol. The Bertz CT molecular complexity index is 1460. The summed E-state index contributed by atoms with van der Waals surface area (Å²) in [5, 5.41) is 9.40. The van der Waals surface area contributed by atoms with Gasteiger partial charge in [0, 0.05) is 28.6 Å². The zero-order chi connectivity index (χ0) is 24.4. The molecule has 1 heterocycles. The van der Waals surface area contributed by atoms with Gasteiger partial charge in [-0.25, -0.2) is 5.43 Å². The van der Waals surface area contributed by atoms with E-state index in [0.29, 0.717) is 41.2 Å². The largest absolute Gasteiger partial charge is 0.496 e. The summed E-state index contributed by atoms with van der Waals surface area (Å²) in [6.07, 6.45) is 2.19. The van der Waals surface area contributed by atoms with E-state index in [1.165, 1.54) is 7.11 Å². The quantitative estimate of drug-likeness (QED) is 0.381. The molecule has 4 aromatic rings. The van der Waals surface area contributed by atoms with Gasteiger partial charge in [0.2, 0.25) is 0 Å². The number of methoxy groups -OCH3 is 1. The van der Waals surface area contributed by atoms with Crippen molar-refractivity contribution in [3.8, 4) is 5.75 Å². The van der Waals surface area contributed by atoms with E-state index in [2.05, 4.69) is 15.8 Å². The first kappa shape index (κ1) is 22.4. The second kappa shape index (κ2) is 9.46. The molecule has 0 spiro atoms. The SMILES string of the molecule is COc1ccccc1C(=O)N/N=C1\CCCc2oc(C(=O)Nc3cccc4ccccc34)c(C)c21. The summed E-state index contributed by atoms with van der Waals surface area (Å²) in [5.74, 6) is 0.764. The van der Waals surface area contributed by atoms with E-state index in [-0.39, 0.29) is 17.6 Å². The average Bonchev–Trinajstić information content (AvgIpc) is 3.24. The molecule has 0 atom stereocenters. The molecular weight excluding hydrogens is 442 g/mol. The Morgan fingerprint density at radius 1 is 0.943 bits per heavy atom. The van der Waals surface area contributed by atoms with Crippen LogP contribution in [-0.2, 0) is 6.42 Å². The number of furan rings is 1. The van der Waals surface area contributed by atoms with Crippen LogP contribution >= 0.6 is 0 Å². The fourth-order valence-corrected chi connectivity index (χ4v) is 4.52. The lowest BCUT2D eigenvalue weighted by Crippen LogP contribution is -2.22. The molecule has 3 aromatic carbocycles. The zero-order valence-corrected chi connectivity index (χ0v) is 19.6. The van der Waals surface area contributed by atoms with Crippen molar-refractivity contribution in [1.82, 2.24) is 5.43 Å². The number of hydrogen-bond donors (Lipinski definition) is 2. The third-order valence-corrected chi connectivity index (χ3v) is 6.21. The molecule has 35 heavy (non-hydrogen) atoms. The van der Waals surface area contributed by atoms with Gasteiger partial charge in [-0.15, -0.1) is 0 Å². The molecule has 0 unspecified atom stereocenters. The lowest BCUT2D eigenvalue weighted by Gasteiger charge is -2.14. The fourth-order valence-electron chi connectivity index (χ4n) is 4.52. The van der Waals surface area contributed by atoms with Gasteiger partial charge in [-0.2, -0.15) is 5.10 Å². The summed E-state index contributed by atoms with van der Waals surface area (Å²) in [4.78, 5) is 25.9. The minimum absolute atomic E-state index is 0.258. The molecule has 1 aromatic heterocycles. The molecule has 176 valence electrons. The van der Waals surface area contributed by atoms with Crippen LogP contribution in [0.25, 0.3) is 10.8 Å². The second-order valence-corrected chi connectivity index (χ2v) is 8.39. The smallest absolute Gasteiger partial charge is 0.291 e. The van der Waals surface area contributed by atoms with Gasteiger partial charge in [0.25, 0.3) is 11.8 Å². The summed E-state index contributed by atoms with van der Waals surface area (Å²) >= 11 is 0. The number of aryl methyl sites for hydroxylation is 1. The van der Waals surface area contributed by atoms with E-state index in [1.54, 1.807) is 24.3 Å². The first-order valence-corrected chi connectivity index (χ1v) is 11.5. The van der Waals surface area contributed by atoms with E-state index in [0.717, 1.165) is 28.4 Å². The molecule has 7 nitrogen and oxygen atoms in total. The molecule has 7 heteroatoms. The second-order valence-electron chi connectivity index (χ2n) is 8.39. The molecule has 2 amide bonds. The van der Waals surface area contributed by atoms with Crippen molar-refractivity contribution in [3.63, 3.8) is 0 Å². The third-order valence-electron chi connectivity index (χ3n) is 6.21. The van der Waals surface area contributed by atoms with E-state index in [9.17, 15) is 9.59 Å². The van der Waals surface area contributed by atoms with Gasteiger partial charge in [-0.3, -0.25) is 9.59 Å². The Kier molecular flexibility index (Phi) is 6.06. The number of para-hydroxylation sites is 1. The highest BCUT2D eigenvalue weighted by molar-refractivity contribution is 6.11. The lowest BCUT2D eigenvalue weighted by molar-refractivity contribution is 0.0950. The summed E-state index contributed by atoms with van der Waals surface area (Å²) in [6.45, 7) is 1.85. The number of fused-ring (bicyclic) bond motifs is 2. The van der Waals surface area contributed by atoms with Crippen molar-refractivity contribution in [2.24, 2.45) is 5.10 Å². The molecule has 0 fully saturated rings. The van der Waals surface area contributed by atoms with Crippen molar-refractivity contribution in [2.75, 3.05) is 12.4 Å². The Balaban J connectivity index is 1.41. The van der Waals surface area contributed by atoms with Crippen molar-refractivity contribution >= 4 is 34.0 Å². The highest BCUT2D eigenvalue weighted by Crippen LogP contribution is 2.31. The van der Waals surface area contributed by atoms with Gasteiger partial charge in [-0.1, -0.05) is 48.5 Å². The van der Waals surface area contributed by atoms with Gasteiger partial charge in [0.1, 0.15) is 11.5 Å². The number of carbonyl (C=O) groups is 2. The van der Waals surface area contributed by atoms with Crippen molar-refractivity contribution in [1.29, 1.82) is 0 Å². The van der Waals surface area contributed by atoms with Crippen LogP contribution < -0.4 is 15.5 Å². The van der Waals surface area contributed by atoms with Gasteiger partial charge in [0.05, 0.1) is 18.4 Å². The number of amides is 2. The normalized spacial score (nSPS) is 13.9. The summed E-state index contributed by atoms with van der Waals surface area (Å²) in [7, 11) is 1.52. The lowest BCUT2D eigenvalue weighted by atomic mass is 9.93. The highest BCUT2D eigenvalue weighted by atomic mass is 16.5. The topological polar surface area (TPSA) is 92.9 Å². The van der Waals surface area contributed by atoms with Crippen molar-refractivity contribution in [2.45, 2.75) is 26.2 Å². The van der Waals surface area contributed by atoms with Crippen LogP contribution in [-0.4, -0.2) is 24.6 Å². The maximum atomic E-state index is 13.2. The highest BCUT2D eigenvalue weighted by Gasteiger charge is 2.28. The monoisotopic (exact) mass is 467 g/mol. The number of nitrogens with zero attached hydrogens (tertiary/aromatic N) is 1. The summed E-state index contributed by atoms with van der Waals surface area (Å²) < 4.78 is 11.3. The first-order chi connectivity index (χ1) is 17.1.